The molecule has 2 rings (SSSR count). The van der Waals surface area contributed by atoms with Crippen molar-refractivity contribution in [2.45, 2.75) is 37.6 Å². The van der Waals surface area contributed by atoms with Crippen LogP contribution in [0.2, 0.25) is 0 Å². The Labute approximate surface area is 113 Å². The van der Waals surface area contributed by atoms with Gasteiger partial charge in [0, 0.05) is 26.2 Å². The number of carboxylic acid groups (broad SMARTS) is 1. The molecule has 3 N–H and O–H groups in total. The zero-order chi connectivity index (χ0) is 13.9. The highest BCUT2D eigenvalue weighted by molar-refractivity contribution is 7.87. The van der Waals surface area contributed by atoms with Crippen molar-refractivity contribution in [3.63, 3.8) is 0 Å². The van der Waals surface area contributed by atoms with E-state index in [1.165, 1.54) is 4.31 Å². The fourth-order valence-electron chi connectivity index (χ4n) is 2.71. The van der Waals surface area contributed by atoms with Gasteiger partial charge in [0.05, 0.1) is 0 Å². The van der Waals surface area contributed by atoms with Gasteiger partial charge in [-0.25, -0.2) is 0 Å². The molecule has 1 aliphatic heterocycles. The van der Waals surface area contributed by atoms with Gasteiger partial charge in [-0.3, -0.25) is 4.79 Å². The molecule has 0 radical (unpaired) electrons. The maximum atomic E-state index is 12.3. The molecular formula is C11H21N3O4S. The first-order valence-electron chi connectivity index (χ1n) is 6.69. The summed E-state index contributed by atoms with van der Waals surface area (Å²) in [5.74, 6) is -1.06. The number of nitrogens with one attached hydrogen (secondary N) is 2. The molecule has 1 saturated heterocycles. The molecule has 19 heavy (non-hydrogen) atoms. The van der Waals surface area contributed by atoms with Crippen molar-refractivity contribution in [1.82, 2.24) is 14.3 Å². The van der Waals surface area contributed by atoms with Crippen LogP contribution in [0.3, 0.4) is 0 Å². The van der Waals surface area contributed by atoms with Crippen LogP contribution < -0.4 is 10.0 Å². The quantitative estimate of drug-likeness (QED) is 0.649. The molecule has 8 heteroatoms. The predicted molar refractivity (Wildman–Crippen MR) is 70.0 cm³/mol. The third-order valence-electron chi connectivity index (χ3n) is 3.86. The van der Waals surface area contributed by atoms with E-state index in [4.69, 9.17) is 0 Å². The highest BCUT2D eigenvalue weighted by Gasteiger charge is 2.44. The van der Waals surface area contributed by atoms with Crippen LogP contribution in [0.15, 0.2) is 0 Å². The van der Waals surface area contributed by atoms with Crippen LogP contribution in [0.5, 0.6) is 0 Å². The van der Waals surface area contributed by atoms with Crippen molar-refractivity contribution < 1.29 is 18.3 Å². The minimum absolute atomic E-state index is 0.369. The van der Waals surface area contributed by atoms with Crippen molar-refractivity contribution >= 4 is 16.2 Å². The summed E-state index contributed by atoms with van der Waals surface area (Å²) in [4.78, 5) is 11.5. The van der Waals surface area contributed by atoms with Gasteiger partial charge in [-0.15, -0.1) is 0 Å². The maximum absolute atomic E-state index is 12.3. The lowest BCUT2D eigenvalue weighted by Crippen LogP contribution is -2.60. The van der Waals surface area contributed by atoms with Crippen LogP contribution in [0.1, 0.15) is 32.1 Å². The number of rotatable bonds is 4. The summed E-state index contributed by atoms with van der Waals surface area (Å²) in [5, 5.41) is 12.5. The Morgan fingerprint density at radius 3 is 2.26 bits per heavy atom. The van der Waals surface area contributed by atoms with E-state index < -0.39 is 21.7 Å². The Morgan fingerprint density at radius 1 is 1.16 bits per heavy atom. The Kier molecular flexibility index (Phi) is 4.44. The Bertz CT molecular complexity index is 425. The lowest BCUT2D eigenvalue weighted by Gasteiger charge is -2.36. The molecule has 0 aromatic rings. The summed E-state index contributed by atoms with van der Waals surface area (Å²) in [5.41, 5.74) is -1.32. The molecule has 1 heterocycles. The van der Waals surface area contributed by atoms with Gasteiger partial charge in [0.1, 0.15) is 5.54 Å². The van der Waals surface area contributed by atoms with Crippen LogP contribution in [-0.4, -0.2) is 55.5 Å². The minimum Gasteiger partial charge on any atom is -0.480 e. The van der Waals surface area contributed by atoms with E-state index in [0.717, 1.165) is 19.3 Å². The van der Waals surface area contributed by atoms with Gasteiger partial charge in [0.15, 0.2) is 0 Å². The van der Waals surface area contributed by atoms with Crippen molar-refractivity contribution in [1.29, 1.82) is 0 Å². The summed E-state index contributed by atoms with van der Waals surface area (Å²) in [6, 6.07) is 0. The summed E-state index contributed by atoms with van der Waals surface area (Å²) in [6.07, 6.45) is 3.19. The fraction of sp³-hybridized carbons (Fsp3) is 0.909. The van der Waals surface area contributed by atoms with Crippen molar-refractivity contribution in [3.8, 4) is 0 Å². The van der Waals surface area contributed by atoms with Crippen molar-refractivity contribution in [2.24, 2.45) is 0 Å². The highest BCUT2D eigenvalue weighted by atomic mass is 32.2. The molecule has 1 saturated carbocycles. The van der Waals surface area contributed by atoms with Gasteiger partial charge < -0.3 is 10.4 Å². The first-order valence-corrected chi connectivity index (χ1v) is 8.13. The molecule has 1 aliphatic carbocycles. The van der Waals surface area contributed by atoms with E-state index in [-0.39, 0.29) is 0 Å². The molecule has 0 aromatic carbocycles. The standard InChI is InChI=1S/C11H21N3O4S/c15-10(16)11(4-2-1-3-5-11)13-19(17,18)14-8-6-12-7-9-14/h12-13H,1-9H2,(H,15,16). The summed E-state index contributed by atoms with van der Waals surface area (Å²) >= 11 is 0. The molecule has 0 aromatic heterocycles. The van der Waals surface area contributed by atoms with Gasteiger partial charge in [-0.1, -0.05) is 19.3 Å². The molecule has 2 fully saturated rings. The number of hydrogen-bond acceptors (Lipinski definition) is 4. The predicted octanol–water partition coefficient (Wildman–Crippen LogP) is -0.486. The first-order chi connectivity index (χ1) is 8.96. The van der Waals surface area contributed by atoms with Crippen LogP contribution in [0.4, 0.5) is 0 Å². The van der Waals surface area contributed by atoms with Gasteiger partial charge in [0.2, 0.25) is 0 Å². The fourth-order valence-corrected chi connectivity index (χ4v) is 4.29. The molecular weight excluding hydrogens is 270 g/mol. The lowest BCUT2D eigenvalue weighted by molar-refractivity contribution is -0.145. The lowest BCUT2D eigenvalue weighted by atomic mass is 9.83. The minimum atomic E-state index is -3.72. The topological polar surface area (TPSA) is 98.7 Å². The average Bonchev–Trinajstić information content (AvgIpc) is 2.40. The third-order valence-corrected chi connectivity index (χ3v) is 5.55. The van der Waals surface area contributed by atoms with Gasteiger partial charge in [0.25, 0.3) is 10.2 Å². The van der Waals surface area contributed by atoms with Crippen molar-refractivity contribution in [3.05, 3.63) is 0 Å². The maximum Gasteiger partial charge on any atom is 0.324 e. The molecule has 7 nitrogen and oxygen atoms in total. The average molecular weight is 291 g/mol. The third kappa shape index (κ3) is 3.25. The first kappa shape index (κ1) is 14.7. The number of carboxylic acids is 1. The molecule has 0 spiro atoms. The summed E-state index contributed by atoms with van der Waals surface area (Å²) < 4.78 is 28.3. The smallest absolute Gasteiger partial charge is 0.324 e. The number of nitrogens with zero attached hydrogens (tertiary/aromatic N) is 1. The number of aliphatic carboxylic acids is 1. The Balaban J connectivity index is 2.13. The number of carbonyl (C=O) groups is 1. The van der Waals surface area contributed by atoms with Crippen LogP contribution >= 0.6 is 0 Å². The molecule has 0 unspecified atom stereocenters. The van der Waals surface area contributed by atoms with E-state index in [1.807, 2.05) is 0 Å². The molecule has 2 aliphatic rings. The second kappa shape index (κ2) is 5.74. The molecule has 0 amide bonds. The Morgan fingerprint density at radius 2 is 1.74 bits per heavy atom. The molecule has 0 bridgehead atoms. The monoisotopic (exact) mass is 291 g/mol. The van der Waals surface area contributed by atoms with Gasteiger partial charge in [-0.2, -0.15) is 17.4 Å². The van der Waals surface area contributed by atoms with Crippen molar-refractivity contribution in [2.75, 3.05) is 26.2 Å². The van der Waals surface area contributed by atoms with E-state index in [0.29, 0.717) is 39.0 Å². The van der Waals surface area contributed by atoms with Gasteiger partial charge >= 0.3 is 5.97 Å². The van der Waals surface area contributed by atoms with E-state index in [9.17, 15) is 18.3 Å². The normalized spacial score (nSPS) is 25.1. The second-order valence-electron chi connectivity index (χ2n) is 5.20. The molecule has 0 atom stereocenters. The van der Waals surface area contributed by atoms with E-state index >= 15 is 0 Å². The zero-order valence-corrected chi connectivity index (χ0v) is 11.7. The van der Waals surface area contributed by atoms with E-state index in [2.05, 4.69) is 10.0 Å². The van der Waals surface area contributed by atoms with E-state index in [1.54, 1.807) is 0 Å². The SMILES string of the molecule is O=C(O)C1(NS(=O)(=O)N2CCNCC2)CCCCC1. The summed E-state index contributed by atoms with van der Waals surface area (Å²) in [6.45, 7) is 1.96. The number of piperazine rings is 1. The Hall–Kier alpha value is -0.700. The zero-order valence-electron chi connectivity index (χ0n) is 10.9. The van der Waals surface area contributed by atoms with Crippen LogP contribution in [0.25, 0.3) is 0 Å². The highest BCUT2D eigenvalue weighted by Crippen LogP contribution is 2.29. The van der Waals surface area contributed by atoms with Crippen LogP contribution in [-0.2, 0) is 15.0 Å². The summed E-state index contributed by atoms with van der Waals surface area (Å²) in [7, 11) is -3.72. The molecule has 110 valence electrons. The van der Waals surface area contributed by atoms with Gasteiger partial charge in [-0.05, 0) is 12.8 Å². The second-order valence-corrected chi connectivity index (χ2v) is 6.87. The number of hydrogen-bond donors (Lipinski definition) is 3. The van der Waals surface area contributed by atoms with Crippen LogP contribution in [0, 0.1) is 0 Å². The largest absolute Gasteiger partial charge is 0.480 e.